The van der Waals surface area contributed by atoms with Crippen LogP contribution in [0.1, 0.15) is 38.8 Å². The highest BCUT2D eigenvalue weighted by Crippen LogP contribution is 2.12. The van der Waals surface area contributed by atoms with Crippen LogP contribution in [0, 0.1) is 5.82 Å². The molecule has 0 aromatic heterocycles. The lowest BCUT2D eigenvalue weighted by Crippen LogP contribution is -2.39. The van der Waals surface area contributed by atoms with Crippen molar-refractivity contribution in [3.63, 3.8) is 0 Å². The Morgan fingerprint density at radius 3 is 2.43 bits per heavy atom. The van der Waals surface area contributed by atoms with Crippen molar-refractivity contribution < 1.29 is 9.13 Å². The van der Waals surface area contributed by atoms with Gasteiger partial charge in [0.15, 0.2) is 0 Å². The van der Waals surface area contributed by atoms with Gasteiger partial charge in [-0.25, -0.2) is 4.39 Å². The Labute approximate surface area is 128 Å². The van der Waals surface area contributed by atoms with Gasteiger partial charge in [-0.1, -0.05) is 6.07 Å². The standard InChI is InChI=1S/C17H29FN2O/c1-13(2)20(14(3)4)8-9-21-12-16-10-15(11-19-5)6-7-17(16)18/h6-7,10,13-14,19H,8-9,11-12H2,1-5H3. The summed E-state index contributed by atoms with van der Waals surface area (Å²) in [5.41, 5.74) is 1.70. The SMILES string of the molecule is CNCc1ccc(F)c(COCCN(C(C)C)C(C)C)c1. The normalized spacial score (nSPS) is 11.9. The minimum atomic E-state index is -0.195. The van der Waals surface area contributed by atoms with E-state index in [2.05, 4.69) is 37.9 Å². The van der Waals surface area contributed by atoms with Gasteiger partial charge < -0.3 is 10.1 Å². The molecule has 1 aromatic carbocycles. The van der Waals surface area contributed by atoms with Crippen LogP contribution in [-0.4, -0.2) is 37.2 Å². The molecular formula is C17H29FN2O. The van der Waals surface area contributed by atoms with Crippen LogP contribution in [0.15, 0.2) is 18.2 Å². The third-order valence-electron chi connectivity index (χ3n) is 3.57. The zero-order valence-electron chi connectivity index (χ0n) is 13.9. The molecule has 4 heteroatoms. The Morgan fingerprint density at radius 2 is 1.86 bits per heavy atom. The Balaban J connectivity index is 2.46. The predicted molar refractivity (Wildman–Crippen MR) is 85.8 cm³/mol. The minimum absolute atomic E-state index is 0.195. The summed E-state index contributed by atoms with van der Waals surface area (Å²) in [5, 5.41) is 3.07. The molecule has 0 fully saturated rings. The quantitative estimate of drug-likeness (QED) is 0.708. The largest absolute Gasteiger partial charge is 0.375 e. The Hall–Kier alpha value is -0.970. The fraction of sp³-hybridized carbons (Fsp3) is 0.647. The van der Waals surface area contributed by atoms with Gasteiger partial charge in [0.2, 0.25) is 0 Å². The van der Waals surface area contributed by atoms with E-state index in [0.29, 0.717) is 30.9 Å². The Bertz CT molecular complexity index is 413. The molecule has 0 aliphatic carbocycles. The molecule has 1 N–H and O–H groups in total. The lowest BCUT2D eigenvalue weighted by Gasteiger charge is -2.30. The Morgan fingerprint density at radius 1 is 1.19 bits per heavy atom. The van der Waals surface area contributed by atoms with Crippen LogP contribution in [0.25, 0.3) is 0 Å². The van der Waals surface area contributed by atoms with Crippen molar-refractivity contribution in [3.8, 4) is 0 Å². The molecule has 0 spiro atoms. The van der Waals surface area contributed by atoms with Crippen molar-refractivity contribution in [2.24, 2.45) is 0 Å². The summed E-state index contributed by atoms with van der Waals surface area (Å²) in [4.78, 5) is 2.37. The Kier molecular flexibility index (Phi) is 7.86. The molecular weight excluding hydrogens is 267 g/mol. The van der Waals surface area contributed by atoms with Crippen LogP contribution >= 0.6 is 0 Å². The molecule has 0 saturated carbocycles. The third-order valence-corrected chi connectivity index (χ3v) is 3.57. The van der Waals surface area contributed by atoms with Crippen molar-refractivity contribution in [1.29, 1.82) is 0 Å². The average molecular weight is 296 g/mol. The van der Waals surface area contributed by atoms with Gasteiger partial charge in [-0.2, -0.15) is 0 Å². The van der Waals surface area contributed by atoms with E-state index in [1.807, 2.05) is 13.1 Å². The fourth-order valence-corrected chi connectivity index (χ4v) is 2.52. The van der Waals surface area contributed by atoms with Crippen molar-refractivity contribution in [2.45, 2.75) is 52.9 Å². The van der Waals surface area contributed by atoms with Gasteiger partial charge in [0.25, 0.3) is 0 Å². The van der Waals surface area contributed by atoms with E-state index >= 15 is 0 Å². The number of hydrogen-bond donors (Lipinski definition) is 1. The molecule has 0 aliphatic rings. The van der Waals surface area contributed by atoms with E-state index in [9.17, 15) is 4.39 Å². The van der Waals surface area contributed by atoms with Gasteiger partial charge >= 0.3 is 0 Å². The smallest absolute Gasteiger partial charge is 0.128 e. The first-order valence-electron chi connectivity index (χ1n) is 7.71. The first-order valence-corrected chi connectivity index (χ1v) is 7.71. The van der Waals surface area contributed by atoms with Crippen LogP contribution in [0.2, 0.25) is 0 Å². The maximum absolute atomic E-state index is 13.7. The molecule has 3 nitrogen and oxygen atoms in total. The van der Waals surface area contributed by atoms with Crippen molar-refractivity contribution in [3.05, 3.63) is 35.1 Å². The van der Waals surface area contributed by atoms with Crippen molar-refractivity contribution >= 4 is 0 Å². The molecule has 0 atom stereocenters. The molecule has 0 amide bonds. The van der Waals surface area contributed by atoms with E-state index < -0.39 is 0 Å². The van der Waals surface area contributed by atoms with Gasteiger partial charge in [0.05, 0.1) is 13.2 Å². The summed E-state index contributed by atoms with van der Waals surface area (Å²) in [6.45, 7) is 11.3. The summed E-state index contributed by atoms with van der Waals surface area (Å²) in [5.74, 6) is -0.195. The van der Waals surface area contributed by atoms with Gasteiger partial charge in [0, 0.05) is 30.7 Å². The fourth-order valence-electron chi connectivity index (χ4n) is 2.52. The predicted octanol–water partition coefficient (Wildman–Crippen LogP) is 3.18. The van der Waals surface area contributed by atoms with Gasteiger partial charge in [-0.3, -0.25) is 4.90 Å². The molecule has 0 aliphatic heterocycles. The molecule has 0 unspecified atom stereocenters. The highest BCUT2D eigenvalue weighted by Gasteiger charge is 2.12. The van der Waals surface area contributed by atoms with Crippen LogP contribution in [0.5, 0.6) is 0 Å². The summed E-state index contributed by atoms with van der Waals surface area (Å²) in [6.07, 6.45) is 0. The van der Waals surface area contributed by atoms with Crippen LogP contribution < -0.4 is 5.32 Å². The zero-order valence-corrected chi connectivity index (χ0v) is 13.9. The van der Waals surface area contributed by atoms with Crippen LogP contribution in [0.4, 0.5) is 4.39 Å². The van der Waals surface area contributed by atoms with Gasteiger partial charge in [-0.05, 0) is 52.4 Å². The van der Waals surface area contributed by atoms with Crippen LogP contribution in [0.3, 0.4) is 0 Å². The molecule has 0 radical (unpaired) electrons. The molecule has 0 bridgehead atoms. The topological polar surface area (TPSA) is 24.5 Å². The molecule has 0 heterocycles. The number of benzene rings is 1. The number of rotatable bonds is 9. The lowest BCUT2D eigenvalue weighted by atomic mass is 10.1. The molecule has 21 heavy (non-hydrogen) atoms. The average Bonchev–Trinajstić information content (AvgIpc) is 2.41. The monoisotopic (exact) mass is 296 g/mol. The summed E-state index contributed by atoms with van der Waals surface area (Å²) in [7, 11) is 1.88. The zero-order chi connectivity index (χ0) is 15.8. The number of halogens is 1. The molecule has 120 valence electrons. The highest BCUT2D eigenvalue weighted by molar-refractivity contribution is 5.24. The minimum Gasteiger partial charge on any atom is -0.375 e. The summed E-state index contributed by atoms with van der Waals surface area (Å²) in [6, 6.07) is 6.16. The summed E-state index contributed by atoms with van der Waals surface area (Å²) < 4.78 is 19.4. The number of nitrogens with zero attached hydrogens (tertiary/aromatic N) is 1. The van der Waals surface area contributed by atoms with Crippen molar-refractivity contribution in [1.82, 2.24) is 10.2 Å². The third kappa shape index (κ3) is 6.12. The van der Waals surface area contributed by atoms with Gasteiger partial charge in [0.1, 0.15) is 5.82 Å². The number of nitrogens with one attached hydrogen (secondary N) is 1. The van der Waals surface area contributed by atoms with E-state index in [0.717, 1.165) is 18.7 Å². The van der Waals surface area contributed by atoms with E-state index in [1.54, 1.807) is 6.07 Å². The van der Waals surface area contributed by atoms with E-state index in [-0.39, 0.29) is 5.82 Å². The molecule has 0 saturated heterocycles. The van der Waals surface area contributed by atoms with E-state index in [1.165, 1.54) is 6.07 Å². The van der Waals surface area contributed by atoms with Crippen molar-refractivity contribution in [2.75, 3.05) is 20.2 Å². The maximum atomic E-state index is 13.7. The lowest BCUT2D eigenvalue weighted by molar-refractivity contribution is 0.0687. The second kappa shape index (κ2) is 9.13. The molecule has 1 aromatic rings. The highest BCUT2D eigenvalue weighted by atomic mass is 19.1. The second-order valence-electron chi connectivity index (χ2n) is 5.93. The maximum Gasteiger partial charge on any atom is 0.128 e. The summed E-state index contributed by atoms with van der Waals surface area (Å²) >= 11 is 0. The number of hydrogen-bond acceptors (Lipinski definition) is 3. The second-order valence-corrected chi connectivity index (χ2v) is 5.93. The first-order chi connectivity index (χ1) is 9.95. The van der Waals surface area contributed by atoms with Crippen LogP contribution in [-0.2, 0) is 17.9 Å². The molecule has 1 rings (SSSR count). The number of ether oxygens (including phenoxy) is 1. The first kappa shape index (κ1) is 18.1. The van der Waals surface area contributed by atoms with Gasteiger partial charge in [-0.15, -0.1) is 0 Å². The van der Waals surface area contributed by atoms with E-state index in [4.69, 9.17) is 4.74 Å².